The van der Waals surface area contributed by atoms with E-state index in [1.807, 2.05) is 43.0 Å². The molecule has 3 aromatic heterocycles. The summed E-state index contributed by atoms with van der Waals surface area (Å²) in [5.74, 6) is 0.326. The third-order valence-corrected chi connectivity index (χ3v) is 8.17. The number of aryl methyl sites for hydroxylation is 1. The van der Waals surface area contributed by atoms with Crippen molar-refractivity contribution in [1.82, 2.24) is 29.7 Å². The van der Waals surface area contributed by atoms with Crippen molar-refractivity contribution in [1.29, 1.82) is 0 Å². The summed E-state index contributed by atoms with van der Waals surface area (Å²) >= 11 is 0. The van der Waals surface area contributed by atoms with Crippen molar-refractivity contribution in [2.45, 2.75) is 71.8 Å². The molecule has 4 aromatic rings. The van der Waals surface area contributed by atoms with Crippen molar-refractivity contribution < 1.29 is 19.1 Å². The van der Waals surface area contributed by atoms with Crippen LogP contribution in [0.1, 0.15) is 78.2 Å². The van der Waals surface area contributed by atoms with Crippen LogP contribution in [0.3, 0.4) is 0 Å². The first-order valence-corrected chi connectivity index (χ1v) is 14.8. The fraction of sp³-hybridized carbons (Fsp3) is 0.424. The lowest BCUT2D eigenvalue weighted by molar-refractivity contribution is 0.0222. The summed E-state index contributed by atoms with van der Waals surface area (Å²) in [6.45, 7) is 9.59. The van der Waals surface area contributed by atoms with Crippen LogP contribution in [0, 0.1) is 6.92 Å². The molecule has 0 bridgehead atoms. The minimum absolute atomic E-state index is 0.145. The Hall–Kier alpha value is -4.31. The molecule has 224 valence electrons. The third kappa shape index (κ3) is 5.84. The Morgan fingerprint density at radius 3 is 2.74 bits per heavy atom. The van der Waals surface area contributed by atoms with Gasteiger partial charge in [-0.2, -0.15) is 0 Å². The molecular weight excluding hydrogens is 544 g/mol. The van der Waals surface area contributed by atoms with E-state index < -0.39 is 5.60 Å². The molecule has 2 aliphatic rings. The minimum Gasteiger partial charge on any atom is -0.444 e. The van der Waals surface area contributed by atoms with E-state index in [4.69, 9.17) is 9.47 Å². The van der Waals surface area contributed by atoms with Gasteiger partial charge in [0.1, 0.15) is 23.5 Å². The average Bonchev–Trinajstić information content (AvgIpc) is 3.62. The SMILES string of the molecule is COCc1nccc(C(=O)N2CCc3cc(-c4cnc5[nH]cc(C)c5c4)cc(C4CCCN4C(=O)OC(C)(C)C)c3C2)n1. The van der Waals surface area contributed by atoms with Gasteiger partial charge < -0.3 is 24.3 Å². The zero-order valence-electron chi connectivity index (χ0n) is 25.4. The molecule has 1 saturated heterocycles. The number of aromatic nitrogens is 4. The van der Waals surface area contributed by atoms with Crippen LogP contribution < -0.4 is 0 Å². The minimum atomic E-state index is -0.594. The van der Waals surface area contributed by atoms with Crippen LogP contribution in [-0.2, 0) is 29.0 Å². The molecule has 1 N–H and O–H groups in total. The third-order valence-electron chi connectivity index (χ3n) is 8.17. The second kappa shape index (κ2) is 11.4. The molecule has 0 aliphatic carbocycles. The summed E-state index contributed by atoms with van der Waals surface area (Å²) < 4.78 is 11.0. The van der Waals surface area contributed by atoms with Gasteiger partial charge >= 0.3 is 6.09 Å². The van der Waals surface area contributed by atoms with E-state index in [2.05, 4.69) is 45.1 Å². The fourth-order valence-electron chi connectivity index (χ4n) is 6.14. The van der Waals surface area contributed by atoms with Crippen molar-refractivity contribution >= 4 is 23.0 Å². The number of hydrogen-bond acceptors (Lipinski definition) is 7. The number of nitrogens with one attached hydrogen (secondary N) is 1. The number of hydrogen-bond donors (Lipinski definition) is 1. The maximum atomic E-state index is 13.6. The van der Waals surface area contributed by atoms with Gasteiger partial charge in [0.25, 0.3) is 5.91 Å². The van der Waals surface area contributed by atoms with Crippen molar-refractivity contribution in [3.05, 3.63) is 76.6 Å². The van der Waals surface area contributed by atoms with Gasteiger partial charge in [-0.3, -0.25) is 4.79 Å². The van der Waals surface area contributed by atoms with Crippen molar-refractivity contribution in [2.24, 2.45) is 0 Å². The summed E-state index contributed by atoms with van der Waals surface area (Å²) in [7, 11) is 1.58. The highest BCUT2D eigenvalue weighted by Gasteiger charge is 2.36. The number of nitrogens with zero attached hydrogens (tertiary/aromatic N) is 5. The molecule has 10 heteroatoms. The fourth-order valence-corrected chi connectivity index (χ4v) is 6.14. The molecule has 0 radical (unpaired) electrons. The summed E-state index contributed by atoms with van der Waals surface area (Å²) in [6, 6.07) is 8.07. The van der Waals surface area contributed by atoms with Crippen molar-refractivity contribution in [2.75, 3.05) is 20.2 Å². The smallest absolute Gasteiger partial charge is 0.410 e. The lowest BCUT2D eigenvalue weighted by Gasteiger charge is -2.34. The highest BCUT2D eigenvalue weighted by Crippen LogP contribution is 2.40. The van der Waals surface area contributed by atoms with Crippen LogP contribution in [0.2, 0.25) is 0 Å². The molecule has 1 fully saturated rings. The van der Waals surface area contributed by atoms with Gasteiger partial charge in [-0.1, -0.05) is 6.07 Å². The van der Waals surface area contributed by atoms with Gasteiger partial charge in [0.2, 0.25) is 0 Å². The molecule has 10 nitrogen and oxygen atoms in total. The Bertz CT molecular complexity index is 1690. The first-order valence-electron chi connectivity index (χ1n) is 14.8. The highest BCUT2D eigenvalue weighted by molar-refractivity contribution is 5.92. The molecule has 2 aliphatic heterocycles. The summed E-state index contributed by atoms with van der Waals surface area (Å²) in [6.07, 6.45) is 7.55. The van der Waals surface area contributed by atoms with Gasteiger partial charge in [-0.15, -0.1) is 0 Å². The first-order chi connectivity index (χ1) is 20.6. The molecule has 5 heterocycles. The first kappa shape index (κ1) is 28.8. The number of likely N-dealkylation sites (tertiary alicyclic amines) is 1. The maximum Gasteiger partial charge on any atom is 0.410 e. The molecule has 43 heavy (non-hydrogen) atoms. The van der Waals surface area contributed by atoms with Gasteiger partial charge in [0, 0.05) is 56.3 Å². The topological polar surface area (TPSA) is 114 Å². The molecule has 6 rings (SSSR count). The summed E-state index contributed by atoms with van der Waals surface area (Å²) in [4.78, 5) is 47.3. The Labute approximate surface area is 251 Å². The van der Waals surface area contributed by atoms with E-state index in [0.29, 0.717) is 37.6 Å². The van der Waals surface area contributed by atoms with Gasteiger partial charge in [0.05, 0.1) is 6.04 Å². The van der Waals surface area contributed by atoms with Crippen molar-refractivity contribution in [3.63, 3.8) is 0 Å². The number of benzene rings is 1. The predicted molar refractivity (Wildman–Crippen MR) is 162 cm³/mol. The van der Waals surface area contributed by atoms with Crippen LogP contribution in [0.4, 0.5) is 4.79 Å². The lowest BCUT2D eigenvalue weighted by Crippen LogP contribution is -2.39. The van der Waals surface area contributed by atoms with Crippen LogP contribution in [0.25, 0.3) is 22.2 Å². The molecule has 0 spiro atoms. The number of H-pyrrole nitrogens is 1. The quantitative estimate of drug-likeness (QED) is 0.319. The normalized spacial score (nSPS) is 16.9. The number of rotatable bonds is 5. The summed E-state index contributed by atoms with van der Waals surface area (Å²) in [5.41, 5.74) is 7.15. The molecule has 1 atom stereocenters. The number of pyridine rings is 1. The van der Waals surface area contributed by atoms with E-state index in [1.165, 1.54) is 5.56 Å². The Morgan fingerprint density at radius 2 is 1.95 bits per heavy atom. The van der Waals surface area contributed by atoms with E-state index in [1.54, 1.807) is 19.4 Å². The van der Waals surface area contributed by atoms with Crippen LogP contribution in [0.15, 0.2) is 42.9 Å². The van der Waals surface area contributed by atoms with E-state index in [-0.39, 0.29) is 24.6 Å². The number of carbonyl (C=O) groups excluding carboxylic acids is 2. The van der Waals surface area contributed by atoms with Crippen LogP contribution in [-0.4, -0.2) is 67.5 Å². The number of methoxy groups -OCH3 is 1. The predicted octanol–water partition coefficient (Wildman–Crippen LogP) is 5.75. The van der Waals surface area contributed by atoms with E-state index in [0.717, 1.165) is 51.7 Å². The average molecular weight is 583 g/mol. The second-order valence-corrected chi connectivity index (χ2v) is 12.4. The summed E-state index contributed by atoms with van der Waals surface area (Å²) in [5, 5.41) is 1.09. The molecule has 1 aromatic carbocycles. The number of aromatic amines is 1. The molecule has 0 saturated carbocycles. The van der Waals surface area contributed by atoms with Crippen LogP contribution in [0.5, 0.6) is 0 Å². The van der Waals surface area contributed by atoms with Gasteiger partial charge in [-0.25, -0.2) is 19.7 Å². The van der Waals surface area contributed by atoms with Gasteiger partial charge in [-0.05, 0) is 93.0 Å². The zero-order chi connectivity index (χ0) is 30.3. The Kier molecular flexibility index (Phi) is 7.64. The highest BCUT2D eigenvalue weighted by atomic mass is 16.6. The monoisotopic (exact) mass is 582 g/mol. The molecule has 1 unspecified atom stereocenters. The van der Waals surface area contributed by atoms with Gasteiger partial charge in [0.15, 0.2) is 5.82 Å². The van der Waals surface area contributed by atoms with Crippen LogP contribution >= 0.6 is 0 Å². The number of ether oxygens (including phenoxy) is 2. The van der Waals surface area contributed by atoms with Crippen molar-refractivity contribution in [3.8, 4) is 11.1 Å². The largest absolute Gasteiger partial charge is 0.444 e. The zero-order valence-corrected chi connectivity index (χ0v) is 25.4. The number of fused-ring (bicyclic) bond motifs is 2. The van der Waals surface area contributed by atoms with E-state index >= 15 is 0 Å². The maximum absolute atomic E-state index is 13.6. The Morgan fingerprint density at radius 1 is 1.12 bits per heavy atom. The molecular formula is C33H38N6O4. The van der Waals surface area contributed by atoms with E-state index in [9.17, 15) is 9.59 Å². The second-order valence-electron chi connectivity index (χ2n) is 12.4. The molecule has 2 amide bonds. The standard InChI is InChI=1S/C33H38N6O4/c1-20-16-35-30-24(20)15-23(17-36-30)22-13-21-9-12-38(31(40)27-8-10-34-29(37-27)19-42-5)18-26(21)25(14-22)28-7-6-11-39(28)32(41)43-33(2,3)4/h8,10,13-17,28H,6-7,9,11-12,18-19H2,1-5H3,(H,35,36). The lowest BCUT2D eigenvalue weighted by atomic mass is 9.86. The number of amides is 2. The Balaban J connectivity index is 1.40. The number of carbonyl (C=O) groups is 2.